The number of carbonyl (C=O) groups excluding carboxylic acids is 1. The largest absolute Gasteiger partial charge is 0.457 e. The average Bonchev–Trinajstić information content (AvgIpc) is 2.68. The van der Waals surface area contributed by atoms with Gasteiger partial charge in [-0.25, -0.2) is 4.79 Å². The van der Waals surface area contributed by atoms with Gasteiger partial charge in [-0.2, -0.15) is 0 Å². The summed E-state index contributed by atoms with van der Waals surface area (Å²) in [6, 6.07) is 6.65. The molecule has 1 heterocycles. The first-order valence-electron chi connectivity index (χ1n) is 4.78. The second-order valence-electron chi connectivity index (χ2n) is 3.27. The molecule has 0 saturated carbocycles. The molecule has 2 rings (SSSR count). The van der Waals surface area contributed by atoms with E-state index in [1.54, 1.807) is 24.3 Å². The molecule has 5 heteroatoms. The van der Waals surface area contributed by atoms with Crippen molar-refractivity contribution < 1.29 is 19.1 Å². The lowest BCUT2D eigenvalue weighted by atomic mass is 10.2. The lowest BCUT2D eigenvalue weighted by Gasteiger charge is -1.97. The number of rotatable bonds is 3. The van der Waals surface area contributed by atoms with Crippen molar-refractivity contribution in [1.29, 1.82) is 0 Å². The number of ether oxygens (including phenoxy) is 1. The van der Waals surface area contributed by atoms with Gasteiger partial charge in [-0.05, 0) is 24.3 Å². The van der Waals surface area contributed by atoms with E-state index in [2.05, 4.69) is 0 Å². The van der Waals surface area contributed by atoms with Crippen molar-refractivity contribution in [2.45, 2.75) is 0 Å². The fraction of sp³-hybridized carbons (Fsp3) is 0.182. The third-order valence-corrected chi connectivity index (χ3v) is 2.07. The van der Waals surface area contributed by atoms with Crippen LogP contribution < -0.4 is 5.73 Å². The lowest BCUT2D eigenvalue weighted by molar-refractivity contribution is 0.0401. The van der Waals surface area contributed by atoms with E-state index in [0.29, 0.717) is 11.3 Å². The molecule has 3 N–H and O–H groups in total. The molecule has 0 bridgehead atoms. The summed E-state index contributed by atoms with van der Waals surface area (Å²) in [4.78, 5) is 11.4. The second-order valence-corrected chi connectivity index (χ2v) is 3.27. The third-order valence-electron chi connectivity index (χ3n) is 2.07. The van der Waals surface area contributed by atoms with Gasteiger partial charge in [0.2, 0.25) is 5.76 Å². The molecule has 0 saturated heterocycles. The highest BCUT2D eigenvalue weighted by Gasteiger charge is 2.13. The summed E-state index contributed by atoms with van der Waals surface area (Å²) in [5.74, 6) is -0.488. The minimum atomic E-state index is -0.594. The van der Waals surface area contributed by atoms with Crippen molar-refractivity contribution in [2.75, 3.05) is 18.9 Å². The number of furan rings is 1. The molecule has 2 aromatic rings. The minimum absolute atomic E-state index is 0.0436. The van der Waals surface area contributed by atoms with Crippen molar-refractivity contribution >= 4 is 22.6 Å². The SMILES string of the molecule is Nc1ccc2oc(C(=O)OCCO)cc2c1. The molecule has 16 heavy (non-hydrogen) atoms. The summed E-state index contributed by atoms with van der Waals surface area (Å²) < 4.78 is 9.99. The number of hydrogen-bond acceptors (Lipinski definition) is 5. The normalized spacial score (nSPS) is 10.6. The molecule has 1 aromatic carbocycles. The van der Waals surface area contributed by atoms with E-state index in [1.807, 2.05) is 0 Å². The summed E-state index contributed by atoms with van der Waals surface area (Å²) >= 11 is 0. The fourth-order valence-corrected chi connectivity index (χ4v) is 1.37. The topological polar surface area (TPSA) is 85.7 Å². The van der Waals surface area contributed by atoms with Crippen LogP contribution in [-0.2, 0) is 4.74 Å². The summed E-state index contributed by atoms with van der Waals surface area (Å²) in [6.07, 6.45) is 0. The molecule has 0 unspecified atom stereocenters. The average molecular weight is 221 g/mol. The van der Waals surface area contributed by atoms with Crippen LogP contribution in [0.5, 0.6) is 0 Å². The van der Waals surface area contributed by atoms with Crippen molar-refractivity contribution in [3.8, 4) is 0 Å². The number of benzene rings is 1. The summed E-state index contributed by atoms with van der Waals surface area (Å²) in [7, 11) is 0. The van der Waals surface area contributed by atoms with E-state index in [9.17, 15) is 4.79 Å². The molecule has 0 fully saturated rings. The standard InChI is InChI=1S/C11H11NO4/c12-8-1-2-9-7(5-8)6-10(16-9)11(14)15-4-3-13/h1-2,5-6,13H,3-4,12H2. The Morgan fingerprint density at radius 1 is 1.44 bits per heavy atom. The zero-order valence-electron chi connectivity index (χ0n) is 8.47. The molecule has 0 radical (unpaired) electrons. The van der Waals surface area contributed by atoms with Crippen molar-refractivity contribution in [3.05, 3.63) is 30.0 Å². The minimum Gasteiger partial charge on any atom is -0.457 e. The molecule has 0 amide bonds. The van der Waals surface area contributed by atoms with Crippen LogP contribution in [0.1, 0.15) is 10.6 Å². The maximum atomic E-state index is 11.4. The molecular formula is C11H11NO4. The van der Waals surface area contributed by atoms with Gasteiger partial charge in [0.25, 0.3) is 0 Å². The van der Waals surface area contributed by atoms with E-state index in [-0.39, 0.29) is 19.0 Å². The Balaban J connectivity index is 2.28. The van der Waals surface area contributed by atoms with Crippen LogP contribution in [0.2, 0.25) is 0 Å². The summed E-state index contributed by atoms with van der Waals surface area (Å²) in [5.41, 5.74) is 6.77. The van der Waals surface area contributed by atoms with E-state index in [0.717, 1.165) is 5.39 Å². The Labute approximate surface area is 91.4 Å². The molecule has 0 aliphatic heterocycles. The first-order valence-corrected chi connectivity index (χ1v) is 4.78. The number of hydrogen-bond donors (Lipinski definition) is 2. The van der Waals surface area contributed by atoms with E-state index < -0.39 is 5.97 Å². The third kappa shape index (κ3) is 1.99. The Morgan fingerprint density at radius 3 is 3.00 bits per heavy atom. The first kappa shape index (κ1) is 10.5. The van der Waals surface area contributed by atoms with Crippen LogP contribution >= 0.6 is 0 Å². The number of esters is 1. The van der Waals surface area contributed by atoms with Gasteiger partial charge < -0.3 is 20.0 Å². The maximum absolute atomic E-state index is 11.4. The maximum Gasteiger partial charge on any atom is 0.374 e. The number of anilines is 1. The number of carbonyl (C=O) groups is 1. The summed E-state index contributed by atoms with van der Waals surface area (Å²) in [5, 5.41) is 9.26. The molecule has 0 spiro atoms. The Bertz CT molecular complexity index is 518. The predicted octanol–water partition coefficient (Wildman–Crippen LogP) is 1.16. The number of fused-ring (bicyclic) bond motifs is 1. The van der Waals surface area contributed by atoms with Crippen LogP contribution in [-0.4, -0.2) is 24.3 Å². The number of aliphatic hydroxyl groups is 1. The van der Waals surface area contributed by atoms with Crippen molar-refractivity contribution in [3.63, 3.8) is 0 Å². The number of nitrogen functional groups attached to an aromatic ring is 1. The fourth-order valence-electron chi connectivity index (χ4n) is 1.37. The van der Waals surface area contributed by atoms with Crippen LogP contribution in [0.4, 0.5) is 5.69 Å². The Kier molecular flexibility index (Phi) is 2.78. The predicted molar refractivity (Wildman–Crippen MR) is 58.0 cm³/mol. The second kappa shape index (κ2) is 4.24. The van der Waals surface area contributed by atoms with Gasteiger partial charge in [0.15, 0.2) is 0 Å². The van der Waals surface area contributed by atoms with Gasteiger partial charge in [-0.3, -0.25) is 0 Å². The van der Waals surface area contributed by atoms with Crippen LogP contribution in [0.15, 0.2) is 28.7 Å². The Morgan fingerprint density at radius 2 is 2.25 bits per heavy atom. The molecule has 0 aliphatic rings. The highest BCUT2D eigenvalue weighted by atomic mass is 16.5. The highest BCUT2D eigenvalue weighted by molar-refractivity contribution is 5.93. The van der Waals surface area contributed by atoms with Crippen molar-refractivity contribution in [1.82, 2.24) is 0 Å². The van der Waals surface area contributed by atoms with Crippen LogP contribution in [0.3, 0.4) is 0 Å². The van der Waals surface area contributed by atoms with E-state index in [4.69, 9.17) is 20.0 Å². The lowest BCUT2D eigenvalue weighted by Crippen LogP contribution is -2.07. The van der Waals surface area contributed by atoms with Crippen LogP contribution in [0, 0.1) is 0 Å². The van der Waals surface area contributed by atoms with Gasteiger partial charge in [0.05, 0.1) is 6.61 Å². The number of nitrogens with two attached hydrogens (primary N) is 1. The Hall–Kier alpha value is -2.01. The number of aliphatic hydroxyl groups excluding tert-OH is 1. The van der Waals surface area contributed by atoms with Crippen molar-refractivity contribution in [2.24, 2.45) is 0 Å². The van der Waals surface area contributed by atoms with Gasteiger partial charge in [0, 0.05) is 11.1 Å². The van der Waals surface area contributed by atoms with E-state index >= 15 is 0 Å². The summed E-state index contributed by atoms with van der Waals surface area (Å²) in [6.45, 7) is -0.253. The monoisotopic (exact) mass is 221 g/mol. The molecule has 5 nitrogen and oxygen atoms in total. The zero-order chi connectivity index (χ0) is 11.5. The molecule has 84 valence electrons. The molecular weight excluding hydrogens is 210 g/mol. The zero-order valence-corrected chi connectivity index (χ0v) is 8.47. The van der Waals surface area contributed by atoms with Gasteiger partial charge in [-0.15, -0.1) is 0 Å². The molecule has 0 aliphatic carbocycles. The van der Waals surface area contributed by atoms with E-state index in [1.165, 1.54) is 0 Å². The smallest absolute Gasteiger partial charge is 0.374 e. The van der Waals surface area contributed by atoms with Crippen LogP contribution in [0.25, 0.3) is 11.0 Å². The van der Waals surface area contributed by atoms with Gasteiger partial charge in [-0.1, -0.05) is 0 Å². The van der Waals surface area contributed by atoms with Gasteiger partial charge >= 0.3 is 5.97 Å². The van der Waals surface area contributed by atoms with Gasteiger partial charge in [0.1, 0.15) is 12.2 Å². The quantitative estimate of drug-likeness (QED) is 0.600. The highest BCUT2D eigenvalue weighted by Crippen LogP contribution is 2.22. The molecule has 1 aromatic heterocycles. The molecule has 0 atom stereocenters. The first-order chi connectivity index (χ1) is 7.70.